The molecule has 1 unspecified atom stereocenters. The average molecular weight is 354 g/mol. The van der Waals surface area contributed by atoms with E-state index >= 15 is 0 Å². The number of nitrogens with one attached hydrogen (secondary N) is 1. The minimum absolute atomic E-state index is 0.0210. The molecule has 0 aliphatic carbocycles. The zero-order valence-corrected chi connectivity index (χ0v) is 15.4. The normalized spacial score (nSPS) is 22.9. The van der Waals surface area contributed by atoms with Crippen molar-refractivity contribution in [1.29, 1.82) is 0 Å². The summed E-state index contributed by atoms with van der Waals surface area (Å²) >= 11 is 0. The summed E-state index contributed by atoms with van der Waals surface area (Å²) in [5, 5.41) is 11.6. The Hall–Kier alpha value is -2.21. The second-order valence-electron chi connectivity index (χ2n) is 7.90. The van der Waals surface area contributed by atoms with E-state index in [1.54, 1.807) is 0 Å². The highest BCUT2D eigenvalue weighted by Crippen LogP contribution is 2.39. The number of aromatic nitrogens is 2. The number of likely N-dealkylation sites (tertiary alicyclic amines) is 1. The maximum absolute atomic E-state index is 12.5. The minimum atomic E-state index is -0.0635. The number of piperidine rings is 1. The van der Waals surface area contributed by atoms with Crippen LogP contribution >= 0.6 is 0 Å². The number of nitrogens with zero attached hydrogens (tertiary/aromatic N) is 3. The first-order valence-corrected chi connectivity index (χ1v) is 9.46. The van der Waals surface area contributed by atoms with Crippen molar-refractivity contribution < 1.29 is 9.21 Å². The Morgan fingerprint density at radius 3 is 2.62 bits per heavy atom. The number of hydrogen-bond acceptors (Lipinski definition) is 5. The molecule has 2 aliphatic heterocycles. The Morgan fingerprint density at radius 1 is 1.23 bits per heavy atom. The zero-order valence-electron chi connectivity index (χ0n) is 15.4. The smallest absolute Gasteiger partial charge is 0.230 e. The zero-order chi connectivity index (χ0) is 18.1. The number of carbonyl (C=O) groups is 1. The third kappa shape index (κ3) is 3.38. The summed E-state index contributed by atoms with van der Waals surface area (Å²) < 4.78 is 5.72. The van der Waals surface area contributed by atoms with Crippen LogP contribution in [0.2, 0.25) is 0 Å². The van der Waals surface area contributed by atoms with Crippen LogP contribution in [0.5, 0.6) is 0 Å². The Morgan fingerprint density at radius 2 is 1.96 bits per heavy atom. The van der Waals surface area contributed by atoms with Gasteiger partial charge in [0.05, 0.1) is 12.5 Å². The van der Waals surface area contributed by atoms with Crippen molar-refractivity contribution in [3.05, 3.63) is 47.7 Å². The Labute approximate surface area is 154 Å². The van der Waals surface area contributed by atoms with Crippen molar-refractivity contribution in [2.45, 2.75) is 57.0 Å². The molecular formula is C20H26N4O2. The first kappa shape index (κ1) is 17.2. The first-order valence-electron chi connectivity index (χ1n) is 9.46. The van der Waals surface area contributed by atoms with Gasteiger partial charge in [-0.05, 0) is 24.8 Å². The quantitative estimate of drug-likeness (QED) is 0.914. The van der Waals surface area contributed by atoms with Gasteiger partial charge in [0, 0.05) is 24.5 Å². The lowest BCUT2D eigenvalue weighted by Crippen LogP contribution is -2.50. The van der Waals surface area contributed by atoms with E-state index in [0.29, 0.717) is 18.3 Å². The number of hydrogen-bond donors (Lipinski definition) is 1. The molecule has 1 atom stereocenters. The van der Waals surface area contributed by atoms with Gasteiger partial charge in [-0.1, -0.05) is 44.2 Å². The molecule has 2 aliphatic rings. The molecule has 1 aromatic carbocycles. The third-order valence-corrected chi connectivity index (χ3v) is 5.65. The van der Waals surface area contributed by atoms with Gasteiger partial charge in [-0.3, -0.25) is 9.69 Å². The fourth-order valence-electron chi connectivity index (χ4n) is 4.06. The molecule has 0 radical (unpaired) electrons. The number of rotatable bonds is 4. The van der Waals surface area contributed by atoms with Gasteiger partial charge >= 0.3 is 0 Å². The van der Waals surface area contributed by atoms with Crippen LogP contribution in [-0.2, 0) is 11.3 Å². The van der Waals surface area contributed by atoms with Crippen molar-refractivity contribution >= 4 is 5.91 Å². The molecular weight excluding hydrogens is 328 g/mol. The molecule has 4 rings (SSSR count). The van der Waals surface area contributed by atoms with E-state index < -0.39 is 0 Å². The highest BCUT2D eigenvalue weighted by atomic mass is 16.4. The van der Waals surface area contributed by atoms with Crippen LogP contribution in [0.15, 0.2) is 34.7 Å². The Kier molecular flexibility index (Phi) is 4.53. The SMILES string of the molecule is CC(C)c1nnc(CN2CCC3(CC2)CC(c2ccccc2)C(=O)N3)o1. The molecule has 6 nitrogen and oxygen atoms in total. The molecule has 26 heavy (non-hydrogen) atoms. The van der Waals surface area contributed by atoms with Gasteiger partial charge in [-0.15, -0.1) is 10.2 Å². The second-order valence-corrected chi connectivity index (χ2v) is 7.90. The van der Waals surface area contributed by atoms with E-state index in [-0.39, 0.29) is 23.3 Å². The molecule has 1 amide bonds. The molecule has 2 saturated heterocycles. The lowest BCUT2D eigenvalue weighted by atomic mass is 9.82. The van der Waals surface area contributed by atoms with Gasteiger partial charge in [0.1, 0.15) is 0 Å². The minimum Gasteiger partial charge on any atom is -0.424 e. The number of amides is 1. The molecule has 2 fully saturated rings. The van der Waals surface area contributed by atoms with E-state index in [9.17, 15) is 4.79 Å². The highest BCUT2D eigenvalue weighted by molar-refractivity contribution is 5.87. The van der Waals surface area contributed by atoms with Crippen molar-refractivity contribution in [3.8, 4) is 0 Å². The third-order valence-electron chi connectivity index (χ3n) is 5.65. The largest absolute Gasteiger partial charge is 0.424 e. The Bertz CT molecular complexity index is 763. The van der Waals surface area contributed by atoms with Crippen molar-refractivity contribution in [2.24, 2.45) is 0 Å². The predicted molar refractivity (Wildman–Crippen MR) is 97.6 cm³/mol. The van der Waals surface area contributed by atoms with E-state index in [0.717, 1.165) is 37.9 Å². The van der Waals surface area contributed by atoms with Crippen LogP contribution in [0.25, 0.3) is 0 Å². The fraction of sp³-hybridized carbons (Fsp3) is 0.550. The summed E-state index contributed by atoms with van der Waals surface area (Å²) in [7, 11) is 0. The van der Waals surface area contributed by atoms with Gasteiger partial charge in [0.15, 0.2) is 0 Å². The first-order chi connectivity index (χ1) is 12.5. The van der Waals surface area contributed by atoms with Crippen molar-refractivity contribution in [1.82, 2.24) is 20.4 Å². The predicted octanol–water partition coefficient (Wildman–Crippen LogP) is 2.83. The second kappa shape index (κ2) is 6.83. The lowest BCUT2D eigenvalue weighted by molar-refractivity contribution is -0.121. The van der Waals surface area contributed by atoms with Gasteiger partial charge in [-0.25, -0.2) is 0 Å². The van der Waals surface area contributed by atoms with E-state index in [4.69, 9.17) is 4.42 Å². The fourth-order valence-corrected chi connectivity index (χ4v) is 4.06. The van der Waals surface area contributed by atoms with E-state index in [1.165, 1.54) is 0 Å². The summed E-state index contributed by atoms with van der Waals surface area (Å²) in [5.74, 6) is 1.78. The summed E-state index contributed by atoms with van der Waals surface area (Å²) in [4.78, 5) is 14.9. The average Bonchev–Trinajstić information content (AvgIpc) is 3.23. The summed E-state index contributed by atoms with van der Waals surface area (Å²) in [5.41, 5.74) is 1.06. The molecule has 2 aromatic rings. The molecule has 1 N–H and O–H groups in total. The van der Waals surface area contributed by atoms with Gasteiger partial charge in [-0.2, -0.15) is 0 Å². The maximum Gasteiger partial charge on any atom is 0.230 e. The topological polar surface area (TPSA) is 71.3 Å². The molecule has 3 heterocycles. The molecule has 1 spiro atoms. The van der Waals surface area contributed by atoms with Crippen LogP contribution in [0.1, 0.15) is 62.3 Å². The number of carbonyl (C=O) groups excluding carboxylic acids is 1. The van der Waals surface area contributed by atoms with Crippen molar-refractivity contribution in [2.75, 3.05) is 13.1 Å². The highest BCUT2D eigenvalue weighted by Gasteiger charge is 2.46. The maximum atomic E-state index is 12.5. The molecule has 0 bridgehead atoms. The summed E-state index contributed by atoms with van der Waals surface area (Å²) in [6.07, 6.45) is 2.82. The van der Waals surface area contributed by atoms with Crippen LogP contribution in [-0.4, -0.2) is 39.6 Å². The molecule has 6 heteroatoms. The van der Waals surface area contributed by atoms with E-state index in [2.05, 4.69) is 32.5 Å². The Balaban J connectivity index is 1.36. The standard InChI is InChI=1S/C20H26N4O2/c1-14(2)19-23-22-17(26-19)13-24-10-8-20(9-11-24)12-16(18(25)21-20)15-6-4-3-5-7-15/h3-7,14,16H,8-13H2,1-2H3,(H,21,25). The van der Waals surface area contributed by atoms with Crippen molar-refractivity contribution in [3.63, 3.8) is 0 Å². The van der Waals surface area contributed by atoms with E-state index in [1.807, 2.05) is 32.0 Å². The van der Waals surface area contributed by atoms with Crippen LogP contribution in [0, 0.1) is 0 Å². The molecule has 1 aromatic heterocycles. The van der Waals surface area contributed by atoms with Crippen LogP contribution in [0.4, 0.5) is 0 Å². The molecule has 0 saturated carbocycles. The summed E-state index contributed by atoms with van der Waals surface area (Å²) in [6, 6.07) is 10.1. The monoisotopic (exact) mass is 354 g/mol. The van der Waals surface area contributed by atoms with Crippen LogP contribution in [0.3, 0.4) is 0 Å². The molecule has 138 valence electrons. The van der Waals surface area contributed by atoms with Gasteiger partial charge in [0.2, 0.25) is 17.7 Å². The summed E-state index contributed by atoms with van der Waals surface area (Å²) in [6.45, 7) is 6.65. The lowest BCUT2D eigenvalue weighted by Gasteiger charge is -2.38. The van der Waals surface area contributed by atoms with Crippen LogP contribution < -0.4 is 5.32 Å². The number of benzene rings is 1. The van der Waals surface area contributed by atoms with Gasteiger partial charge in [0.25, 0.3) is 0 Å². The van der Waals surface area contributed by atoms with Gasteiger partial charge < -0.3 is 9.73 Å².